The van der Waals surface area contributed by atoms with E-state index < -0.39 is 0 Å². The number of hydrogen-bond donors (Lipinski definition) is 0. The minimum absolute atomic E-state index is 0.554. The molecular weight excluding hydrogens is 302 g/mol. The number of likely N-dealkylation sites (tertiary alicyclic amines) is 1. The van der Waals surface area contributed by atoms with Gasteiger partial charge in [0, 0.05) is 25.8 Å². The maximum Gasteiger partial charge on any atom is 0.128 e. The minimum atomic E-state index is 0.554. The summed E-state index contributed by atoms with van der Waals surface area (Å²) < 4.78 is 3.03. The highest BCUT2D eigenvalue weighted by Gasteiger charge is 2.20. The van der Waals surface area contributed by atoms with Crippen LogP contribution in [0.25, 0.3) is 0 Å². The molecule has 4 heteroatoms. The smallest absolute Gasteiger partial charge is 0.128 e. The summed E-state index contributed by atoms with van der Waals surface area (Å²) in [6.07, 6.45) is 4.43. The van der Waals surface area contributed by atoms with E-state index in [1.165, 1.54) is 18.4 Å². The van der Waals surface area contributed by atoms with Crippen molar-refractivity contribution in [2.75, 3.05) is 13.1 Å². The van der Waals surface area contributed by atoms with Crippen LogP contribution in [0.15, 0.2) is 47.2 Å². The van der Waals surface area contributed by atoms with Crippen molar-refractivity contribution in [3.8, 4) is 0 Å². The van der Waals surface area contributed by atoms with Gasteiger partial charge in [-0.3, -0.25) is 9.58 Å². The Balaban J connectivity index is 1.55. The summed E-state index contributed by atoms with van der Waals surface area (Å²) >= 11 is 3.41. The van der Waals surface area contributed by atoms with Crippen molar-refractivity contribution in [2.24, 2.45) is 0 Å². The van der Waals surface area contributed by atoms with Crippen LogP contribution in [-0.4, -0.2) is 27.8 Å². The molecular formula is C15H18BrN3. The third-order valence-electron chi connectivity index (χ3n) is 3.76. The maximum absolute atomic E-state index is 4.46. The lowest BCUT2D eigenvalue weighted by Crippen LogP contribution is -2.34. The van der Waals surface area contributed by atoms with E-state index in [-0.39, 0.29) is 0 Å². The molecule has 0 spiro atoms. The molecule has 0 saturated carbocycles. The molecule has 2 heterocycles. The first-order chi connectivity index (χ1) is 9.31. The molecule has 0 atom stereocenters. The van der Waals surface area contributed by atoms with E-state index in [2.05, 4.69) is 67.1 Å². The second kappa shape index (κ2) is 5.88. The van der Waals surface area contributed by atoms with Crippen LogP contribution in [0.5, 0.6) is 0 Å². The molecule has 1 aromatic heterocycles. The van der Waals surface area contributed by atoms with E-state index in [9.17, 15) is 0 Å². The van der Waals surface area contributed by atoms with Gasteiger partial charge in [-0.25, -0.2) is 0 Å². The van der Waals surface area contributed by atoms with E-state index in [0.717, 1.165) is 24.2 Å². The molecule has 3 nitrogen and oxygen atoms in total. The fourth-order valence-corrected chi connectivity index (χ4v) is 3.00. The van der Waals surface area contributed by atoms with E-state index in [1.807, 2.05) is 6.07 Å². The predicted octanol–water partition coefficient (Wildman–Crippen LogP) is 3.48. The molecule has 1 saturated heterocycles. The molecule has 0 radical (unpaired) electrons. The Kier molecular flexibility index (Phi) is 3.99. The highest BCUT2D eigenvalue weighted by Crippen LogP contribution is 2.23. The molecule has 19 heavy (non-hydrogen) atoms. The van der Waals surface area contributed by atoms with Crippen molar-refractivity contribution in [2.45, 2.75) is 25.4 Å². The average molecular weight is 320 g/mol. The monoisotopic (exact) mass is 319 g/mol. The van der Waals surface area contributed by atoms with Crippen LogP contribution >= 0.6 is 15.9 Å². The zero-order valence-corrected chi connectivity index (χ0v) is 12.5. The molecule has 0 aliphatic carbocycles. The van der Waals surface area contributed by atoms with Gasteiger partial charge in [0.15, 0.2) is 0 Å². The highest BCUT2D eigenvalue weighted by atomic mass is 79.9. The Hall–Kier alpha value is -1.13. The summed E-state index contributed by atoms with van der Waals surface area (Å²) in [5.41, 5.74) is 1.41. The Morgan fingerprint density at radius 3 is 2.47 bits per heavy atom. The second-order valence-electron chi connectivity index (χ2n) is 5.11. The molecule has 0 amide bonds. The SMILES string of the molecule is Brc1ccn(C2CCN(Cc3ccccc3)CC2)n1. The molecule has 2 aromatic rings. The molecule has 100 valence electrons. The molecule has 0 unspecified atom stereocenters. The highest BCUT2D eigenvalue weighted by molar-refractivity contribution is 9.10. The quantitative estimate of drug-likeness (QED) is 0.863. The van der Waals surface area contributed by atoms with Crippen molar-refractivity contribution in [1.29, 1.82) is 0 Å². The third kappa shape index (κ3) is 3.25. The van der Waals surface area contributed by atoms with Crippen LogP contribution in [0.4, 0.5) is 0 Å². The van der Waals surface area contributed by atoms with Crippen molar-refractivity contribution in [3.63, 3.8) is 0 Å². The van der Waals surface area contributed by atoms with Crippen LogP contribution in [0.1, 0.15) is 24.4 Å². The van der Waals surface area contributed by atoms with Crippen LogP contribution in [-0.2, 0) is 6.54 Å². The fraction of sp³-hybridized carbons (Fsp3) is 0.400. The van der Waals surface area contributed by atoms with E-state index in [4.69, 9.17) is 0 Å². The largest absolute Gasteiger partial charge is 0.299 e. The molecule has 1 fully saturated rings. The first kappa shape index (κ1) is 12.9. The summed E-state index contributed by atoms with van der Waals surface area (Å²) in [6.45, 7) is 3.37. The number of rotatable bonds is 3. The lowest BCUT2D eigenvalue weighted by atomic mass is 10.0. The standard InChI is InChI=1S/C15H18BrN3/c16-15-8-11-19(17-15)14-6-9-18(10-7-14)12-13-4-2-1-3-5-13/h1-5,8,11,14H,6-7,9-10,12H2. The summed E-state index contributed by atoms with van der Waals surface area (Å²) in [6, 6.07) is 13.3. The van der Waals surface area contributed by atoms with Crippen LogP contribution in [0, 0.1) is 0 Å². The van der Waals surface area contributed by atoms with Gasteiger partial charge in [-0.05, 0) is 40.4 Å². The number of aromatic nitrogens is 2. The van der Waals surface area contributed by atoms with Crippen molar-refractivity contribution in [3.05, 3.63) is 52.8 Å². The first-order valence-corrected chi connectivity index (χ1v) is 7.57. The Bertz CT molecular complexity index is 515. The lowest BCUT2D eigenvalue weighted by molar-refractivity contribution is 0.173. The van der Waals surface area contributed by atoms with Crippen LogP contribution in [0.2, 0.25) is 0 Å². The third-order valence-corrected chi connectivity index (χ3v) is 4.18. The topological polar surface area (TPSA) is 21.1 Å². The van der Waals surface area contributed by atoms with Crippen LogP contribution in [0.3, 0.4) is 0 Å². The van der Waals surface area contributed by atoms with E-state index in [1.54, 1.807) is 0 Å². The Morgan fingerprint density at radius 2 is 1.84 bits per heavy atom. The Morgan fingerprint density at radius 1 is 1.11 bits per heavy atom. The molecule has 0 N–H and O–H groups in total. The van der Waals surface area contributed by atoms with Crippen molar-refractivity contribution in [1.82, 2.24) is 14.7 Å². The molecule has 1 aromatic carbocycles. The molecule has 1 aliphatic rings. The van der Waals surface area contributed by atoms with Gasteiger partial charge >= 0.3 is 0 Å². The zero-order chi connectivity index (χ0) is 13.1. The van der Waals surface area contributed by atoms with Gasteiger partial charge < -0.3 is 0 Å². The van der Waals surface area contributed by atoms with Gasteiger partial charge in [-0.2, -0.15) is 5.10 Å². The van der Waals surface area contributed by atoms with Gasteiger partial charge in [0.25, 0.3) is 0 Å². The van der Waals surface area contributed by atoms with Crippen LogP contribution < -0.4 is 0 Å². The summed E-state index contributed by atoms with van der Waals surface area (Å²) in [4.78, 5) is 2.53. The van der Waals surface area contributed by atoms with Gasteiger partial charge in [0.2, 0.25) is 0 Å². The summed E-state index contributed by atoms with van der Waals surface area (Å²) in [5.74, 6) is 0. The summed E-state index contributed by atoms with van der Waals surface area (Å²) in [5, 5.41) is 4.46. The van der Waals surface area contributed by atoms with Gasteiger partial charge in [-0.1, -0.05) is 30.3 Å². The van der Waals surface area contributed by atoms with Crippen molar-refractivity contribution >= 4 is 15.9 Å². The number of hydrogen-bond acceptors (Lipinski definition) is 2. The summed E-state index contributed by atoms with van der Waals surface area (Å²) in [7, 11) is 0. The Labute approximate surface area is 122 Å². The fourth-order valence-electron chi connectivity index (χ4n) is 2.70. The molecule has 1 aliphatic heterocycles. The van der Waals surface area contributed by atoms with Gasteiger partial charge in [0.1, 0.15) is 4.60 Å². The number of piperidine rings is 1. The zero-order valence-electron chi connectivity index (χ0n) is 10.9. The number of benzene rings is 1. The van der Waals surface area contributed by atoms with Gasteiger partial charge in [0.05, 0.1) is 6.04 Å². The maximum atomic E-state index is 4.46. The van der Waals surface area contributed by atoms with Crippen molar-refractivity contribution < 1.29 is 0 Å². The predicted molar refractivity (Wildman–Crippen MR) is 79.9 cm³/mol. The molecule has 3 rings (SSSR count). The second-order valence-corrected chi connectivity index (χ2v) is 5.92. The normalized spacial score (nSPS) is 17.7. The van der Waals surface area contributed by atoms with E-state index >= 15 is 0 Å². The lowest BCUT2D eigenvalue weighted by Gasteiger charge is -2.32. The minimum Gasteiger partial charge on any atom is -0.299 e. The van der Waals surface area contributed by atoms with Gasteiger partial charge in [-0.15, -0.1) is 0 Å². The average Bonchev–Trinajstić information content (AvgIpc) is 2.87. The molecule has 0 bridgehead atoms. The first-order valence-electron chi connectivity index (χ1n) is 6.78. The van der Waals surface area contributed by atoms with E-state index in [0.29, 0.717) is 6.04 Å². The number of halogens is 1. The number of nitrogens with zero attached hydrogens (tertiary/aromatic N) is 3.